The molecular formula is C23H15Cl3F10N2O2. The molecule has 0 bridgehead atoms. The van der Waals surface area contributed by atoms with E-state index in [0.29, 0.717) is 12.1 Å². The summed E-state index contributed by atoms with van der Waals surface area (Å²) in [6.45, 7) is -2.80. The average molecular weight is 648 g/mol. The lowest BCUT2D eigenvalue weighted by molar-refractivity contribution is -0.157. The van der Waals surface area contributed by atoms with Crippen molar-refractivity contribution in [2.45, 2.75) is 24.4 Å². The van der Waals surface area contributed by atoms with Crippen LogP contribution in [0.2, 0.25) is 15.1 Å². The predicted octanol–water partition coefficient (Wildman–Crippen LogP) is 8.07. The molecule has 0 aliphatic heterocycles. The highest BCUT2D eigenvalue weighted by Gasteiger charge is 2.41. The Morgan fingerprint density at radius 1 is 0.950 bits per heavy atom. The number of nitrogens with one attached hydrogen (secondary N) is 1. The first kappa shape index (κ1) is 33.5. The molecule has 0 aliphatic rings. The first-order valence-electron chi connectivity index (χ1n) is 10.5. The molecule has 1 atom stereocenters. The van der Waals surface area contributed by atoms with E-state index >= 15 is 0 Å². The standard InChI is InChI=1S/C23H15Cl3F10N2O2/c1-38(9-21(28,29)30)18(39)8-37-20(40)12-3-2-10(4-14(12)23(34,35)36)17(27)7-13(22(31,32)33)11-5-15(24)19(26)16(25)6-11/h2-7,13H,8-9H2,1H3,(H,37,40). The summed E-state index contributed by atoms with van der Waals surface area (Å²) in [5.41, 5.74) is -4.62. The van der Waals surface area contributed by atoms with Crippen LogP contribution in [0.1, 0.15) is 33.0 Å². The van der Waals surface area contributed by atoms with Gasteiger partial charge in [-0.15, -0.1) is 0 Å². The number of nitrogens with zero attached hydrogens (tertiary/aromatic N) is 1. The van der Waals surface area contributed by atoms with Crippen molar-refractivity contribution in [3.63, 3.8) is 0 Å². The summed E-state index contributed by atoms with van der Waals surface area (Å²) < 4.78 is 134. The summed E-state index contributed by atoms with van der Waals surface area (Å²) in [5.74, 6) is -7.33. The van der Waals surface area contributed by atoms with Crippen LogP contribution in [0.5, 0.6) is 0 Å². The van der Waals surface area contributed by atoms with Crippen molar-refractivity contribution in [3.05, 3.63) is 73.7 Å². The summed E-state index contributed by atoms with van der Waals surface area (Å²) in [6, 6.07) is 2.57. The Morgan fingerprint density at radius 2 is 1.50 bits per heavy atom. The Morgan fingerprint density at radius 3 is 1.98 bits per heavy atom. The maximum atomic E-state index is 14.9. The zero-order valence-corrected chi connectivity index (χ0v) is 21.9. The lowest BCUT2D eigenvalue weighted by Crippen LogP contribution is -2.42. The molecule has 0 heterocycles. The third kappa shape index (κ3) is 8.90. The fourth-order valence-corrected chi connectivity index (χ4v) is 3.86. The van der Waals surface area contributed by atoms with E-state index in [1.54, 1.807) is 5.32 Å². The van der Waals surface area contributed by atoms with Crippen LogP contribution in [-0.4, -0.2) is 49.2 Å². The van der Waals surface area contributed by atoms with E-state index in [1.165, 1.54) is 0 Å². The lowest BCUT2D eigenvalue weighted by Gasteiger charge is -2.20. The molecule has 2 amide bonds. The molecule has 17 heteroatoms. The Labute approximate surface area is 234 Å². The van der Waals surface area contributed by atoms with E-state index in [2.05, 4.69) is 0 Å². The third-order valence-electron chi connectivity index (χ3n) is 5.12. The Bertz CT molecular complexity index is 1280. The van der Waals surface area contributed by atoms with Gasteiger partial charge in [-0.3, -0.25) is 9.59 Å². The normalized spacial score (nSPS) is 13.7. The van der Waals surface area contributed by atoms with Gasteiger partial charge >= 0.3 is 18.5 Å². The molecule has 0 radical (unpaired) electrons. The van der Waals surface area contributed by atoms with Gasteiger partial charge in [-0.2, -0.15) is 39.5 Å². The number of benzene rings is 2. The molecule has 220 valence electrons. The molecule has 0 fully saturated rings. The van der Waals surface area contributed by atoms with Crippen LogP contribution in [0, 0.1) is 0 Å². The predicted molar refractivity (Wildman–Crippen MR) is 127 cm³/mol. The summed E-state index contributed by atoms with van der Waals surface area (Å²) in [7, 11) is 0.743. The molecule has 1 N–H and O–H groups in total. The molecule has 2 aromatic rings. The van der Waals surface area contributed by atoms with Gasteiger partial charge in [0, 0.05) is 12.6 Å². The molecule has 2 aromatic carbocycles. The van der Waals surface area contributed by atoms with Crippen molar-refractivity contribution in [2.24, 2.45) is 0 Å². The molecule has 4 nitrogen and oxygen atoms in total. The van der Waals surface area contributed by atoms with Crippen molar-refractivity contribution in [2.75, 3.05) is 20.1 Å². The summed E-state index contributed by atoms with van der Waals surface area (Å²) >= 11 is 17.2. The zero-order valence-electron chi connectivity index (χ0n) is 19.6. The van der Waals surface area contributed by atoms with Gasteiger partial charge in [-0.05, 0) is 35.9 Å². The molecule has 0 saturated heterocycles. The van der Waals surface area contributed by atoms with Crippen molar-refractivity contribution < 1.29 is 53.5 Å². The number of halogens is 13. The smallest absolute Gasteiger partial charge is 0.343 e. The Kier molecular flexibility index (Phi) is 10.4. The van der Waals surface area contributed by atoms with E-state index in [-0.39, 0.29) is 22.1 Å². The zero-order chi connectivity index (χ0) is 30.8. The van der Waals surface area contributed by atoms with Gasteiger partial charge in [-0.1, -0.05) is 40.9 Å². The van der Waals surface area contributed by atoms with Crippen molar-refractivity contribution in [3.8, 4) is 0 Å². The monoisotopic (exact) mass is 646 g/mol. The maximum absolute atomic E-state index is 14.9. The minimum absolute atomic E-state index is 0.0275. The van der Waals surface area contributed by atoms with E-state index in [4.69, 9.17) is 34.8 Å². The van der Waals surface area contributed by atoms with Crippen LogP contribution < -0.4 is 5.32 Å². The molecule has 40 heavy (non-hydrogen) atoms. The highest BCUT2D eigenvalue weighted by Crippen LogP contribution is 2.42. The SMILES string of the molecule is CN(CC(F)(F)F)C(=O)CNC(=O)c1ccc(C(F)=CC(c2cc(Cl)c(Cl)c(Cl)c2)C(F)(F)F)cc1C(F)(F)F. The van der Waals surface area contributed by atoms with Gasteiger partial charge in [0.15, 0.2) is 0 Å². The van der Waals surface area contributed by atoms with Gasteiger partial charge in [0.25, 0.3) is 5.91 Å². The number of carbonyl (C=O) groups excluding carboxylic acids is 2. The Hall–Kier alpha value is -2.71. The van der Waals surface area contributed by atoms with E-state index in [0.717, 1.165) is 19.2 Å². The fourth-order valence-electron chi connectivity index (χ4n) is 3.25. The fraction of sp³-hybridized carbons (Fsp3) is 0.304. The quantitative estimate of drug-likeness (QED) is 0.244. The second-order valence-electron chi connectivity index (χ2n) is 8.14. The molecule has 0 spiro atoms. The number of alkyl halides is 9. The summed E-state index contributed by atoms with van der Waals surface area (Å²) in [4.78, 5) is 24.2. The van der Waals surface area contributed by atoms with Crippen LogP contribution in [0.4, 0.5) is 43.9 Å². The van der Waals surface area contributed by atoms with Gasteiger partial charge in [0.2, 0.25) is 5.91 Å². The van der Waals surface area contributed by atoms with Gasteiger partial charge in [-0.25, -0.2) is 4.39 Å². The first-order chi connectivity index (χ1) is 18.1. The first-order valence-corrected chi connectivity index (χ1v) is 11.6. The topological polar surface area (TPSA) is 49.4 Å². The van der Waals surface area contributed by atoms with Crippen molar-refractivity contribution >= 4 is 52.4 Å². The number of rotatable bonds is 7. The van der Waals surface area contributed by atoms with Crippen LogP contribution >= 0.6 is 34.8 Å². The highest BCUT2D eigenvalue weighted by molar-refractivity contribution is 6.48. The number of hydrogen-bond acceptors (Lipinski definition) is 2. The van der Waals surface area contributed by atoms with E-state index < -0.39 is 87.5 Å². The second kappa shape index (κ2) is 12.4. The highest BCUT2D eigenvalue weighted by atomic mass is 35.5. The van der Waals surface area contributed by atoms with E-state index in [9.17, 15) is 53.5 Å². The minimum atomic E-state index is -5.33. The van der Waals surface area contributed by atoms with Crippen molar-refractivity contribution in [1.82, 2.24) is 10.2 Å². The van der Waals surface area contributed by atoms with Crippen molar-refractivity contribution in [1.29, 1.82) is 0 Å². The molecule has 1 unspecified atom stereocenters. The van der Waals surface area contributed by atoms with Gasteiger partial charge in [0.05, 0.1) is 32.7 Å². The number of likely N-dealkylation sites (N-methyl/N-ethyl adjacent to an activating group) is 1. The van der Waals surface area contributed by atoms with Gasteiger partial charge in [0.1, 0.15) is 18.3 Å². The van der Waals surface area contributed by atoms with Crippen LogP contribution in [0.15, 0.2) is 36.4 Å². The largest absolute Gasteiger partial charge is 0.417 e. The summed E-state index contributed by atoms with van der Waals surface area (Å²) in [5, 5.41) is 0.646. The Balaban J connectivity index is 2.42. The molecule has 2 rings (SSSR count). The maximum Gasteiger partial charge on any atom is 0.417 e. The lowest BCUT2D eigenvalue weighted by atomic mass is 9.95. The molecule has 0 aromatic heterocycles. The van der Waals surface area contributed by atoms with Gasteiger partial charge < -0.3 is 10.2 Å². The number of amides is 2. The minimum Gasteiger partial charge on any atom is -0.343 e. The number of allylic oxidation sites excluding steroid dienone is 1. The van der Waals surface area contributed by atoms with Crippen LogP contribution in [0.25, 0.3) is 5.83 Å². The van der Waals surface area contributed by atoms with Crippen LogP contribution in [-0.2, 0) is 11.0 Å². The number of carbonyl (C=O) groups is 2. The summed E-state index contributed by atoms with van der Waals surface area (Å²) in [6.07, 6.45) is -15.3. The average Bonchev–Trinajstić information content (AvgIpc) is 2.80. The number of hydrogen-bond donors (Lipinski definition) is 1. The molecule has 0 saturated carbocycles. The molecule has 0 aliphatic carbocycles. The van der Waals surface area contributed by atoms with E-state index in [1.807, 2.05) is 0 Å². The van der Waals surface area contributed by atoms with Crippen LogP contribution in [0.3, 0.4) is 0 Å². The molecular weight excluding hydrogens is 633 g/mol. The third-order valence-corrected chi connectivity index (χ3v) is 6.32. The second-order valence-corrected chi connectivity index (χ2v) is 9.33.